The fraction of sp³-hybridized carbons (Fsp3) is 0.333. The first kappa shape index (κ1) is 25.0. The van der Waals surface area contributed by atoms with Crippen LogP contribution in [0.5, 0.6) is 5.75 Å². The van der Waals surface area contributed by atoms with Crippen molar-refractivity contribution in [3.8, 4) is 5.75 Å². The summed E-state index contributed by atoms with van der Waals surface area (Å²) in [5.74, 6) is -0.0172. The second-order valence-electron chi connectivity index (χ2n) is 9.66. The molecule has 0 unspecified atom stereocenters. The van der Waals surface area contributed by atoms with Crippen LogP contribution in [-0.4, -0.2) is 31.7 Å². The van der Waals surface area contributed by atoms with Crippen molar-refractivity contribution in [3.05, 3.63) is 86.8 Å². The Hall–Kier alpha value is -4.14. The molecule has 0 saturated heterocycles. The smallest absolute Gasteiger partial charge is 0.333 e. The molecular weight excluding hydrogens is 458 g/mol. The molecule has 0 bridgehead atoms. The molecule has 1 amide bonds. The van der Waals surface area contributed by atoms with Crippen LogP contribution in [0, 0.1) is 0 Å². The number of nitrogens with one attached hydrogen (secondary N) is 1. The number of anilines is 1. The molecule has 9 heteroatoms. The molecule has 0 spiro atoms. The van der Waals surface area contributed by atoms with E-state index in [1.165, 1.54) is 11.7 Å². The number of hydrogen-bond acceptors (Lipinski definition) is 5. The van der Waals surface area contributed by atoms with Gasteiger partial charge in [0, 0.05) is 6.54 Å². The van der Waals surface area contributed by atoms with Gasteiger partial charge in [0.25, 0.3) is 5.56 Å². The standard InChI is InChI=1S/C27H31N5O4/c1-6-30-17-28-24-23(30)25(34)32(26(35)31(24)15-18-10-8-7-9-11-18)16-22(33)29-20-14-19(27(2,3)4)12-13-21(20)36-5/h7-14,17H,6,15-16H2,1-5H3,(H,29,33). The second kappa shape index (κ2) is 9.85. The molecule has 0 saturated carbocycles. The summed E-state index contributed by atoms with van der Waals surface area (Å²) >= 11 is 0. The first-order chi connectivity index (χ1) is 17.1. The van der Waals surface area contributed by atoms with Gasteiger partial charge in [-0.05, 0) is 35.6 Å². The van der Waals surface area contributed by atoms with Crippen LogP contribution >= 0.6 is 0 Å². The zero-order chi connectivity index (χ0) is 26.0. The molecule has 2 aromatic heterocycles. The molecule has 0 radical (unpaired) electrons. The molecule has 0 aliphatic rings. The van der Waals surface area contributed by atoms with Crippen molar-refractivity contribution >= 4 is 22.8 Å². The minimum absolute atomic E-state index is 0.141. The SMILES string of the molecule is CCn1cnc2c1c(=O)n(CC(=O)Nc1cc(C(C)(C)C)ccc1OC)c(=O)n2Cc1ccccc1. The van der Waals surface area contributed by atoms with Gasteiger partial charge in [-0.25, -0.2) is 14.3 Å². The molecule has 0 aliphatic carbocycles. The van der Waals surface area contributed by atoms with Crippen LogP contribution in [0.15, 0.2) is 64.4 Å². The van der Waals surface area contributed by atoms with Crippen LogP contribution in [-0.2, 0) is 29.8 Å². The van der Waals surface area contributed by atoms with Crippen LogP contribution in [0.1, 0.15) is 38.8 Å². The number of rotatable bonds is 7. The number of amides is 1. The number of fused-ring (bicyclic) bond motifs is 1. The maximum Gasteiger partial charge on any atom is 0.333 e. The molecule has 188 valence electrons. The van der Waals surface area contributed by atoms with Crippen molar-refractivity contribution in [2.75, 3.05) is 12.4 Å². The molecule has 2 aromatic carbocycles. The van der Waals surface area contributed by atoms with E-state index in [1.54, 1.807) is 17.0 Å². The molecule has 0 aliphatic heterocycles. The quantitative estimate of drug-likeness (QED) is 0.429. The van der Waals surface area contributed by atoms with Gasteiger partial charge in [-0.2, -0.15) is 0 Å². The first-order valence-corrected chi connectivity index (χ1v) is 11.8. The Morgan fingerprint density at radius 1 is 1.06 bits per heavy atom. The molecule has 4 aromatic rings. The van der Waals surface area contributed by atoms with Gasteiger partial charge in [-0.1, -0.05) is 57.2 Å². The van der Waals surface area contributed by atoms with E-state index < -0.39 is 23.7 Å². The van der Waals surface area contributed by atoms with Crippen LogP contribution in [0.25, 0.3) is 11.2 Å². The fourth-order valence-electron chi connectivity index (χ4n) is 4.13. The Labute approximate surface area is 209 Å². The average molecular weight is 490 g/mol. The van der Waals surface area contributed by atoms with Crippen molar-refractivity contribution in [1.29, 1.82) is 0 Å². The third-order valence-electron chi connectivity index (χ3n) is 6.15. The normalized spacial score (nSPS) is 11.6. The van der Waals surface area contributed by atoms with Crippen molar-refractivity contribution in [1.82, 2.24) is 18.7 Å². The Morgan fingerprint density at radius 3 is 2.42 bits per heavy atom. The molecule has 4 rings (SSSR count). The predicted octanol–water partition coefficient (Wildman–Crippen LogP) is 3.37. The minimum atomic E-state index is -0.594. The van der Waals surface area contributed by atoms with Crippen molar-refractivity contribution in [2.24, 2.45) is 0 Å². The first-order valence-electron chi connectivity index (χ1n) is 11.8. The van der Waals surface area contributed by atoms with Gasteiger partial charge in [-0.15, -0.1) is 0 Å². The van der Waals surface area contributed by atoms with Gasteiger partial charge in [0.15, 0.2) is 11.2 Å². The van der Waals surface area contributed by atoms with Gasteiger partial charge < -0.3 is 14.6 Å². The van der Waals surface area contributed by atoms with Gasteiger partial charge >= 0.3 is 5.69 Å². The molecule has 9 nitrogen and oxygen atoms in total. The zero-order valence-electron chi connectivity index (χ0n) is 21.2. The monoisotopic (exact) mass is 489 g/mol. The third kappa shape index (κ3) is 4.82. The second-order valence-corrected chi connectivity index (χ2v) is 9.66. The van der Waals surface area contributed by atoms with E-state index in [9.17, 15) is 14.4 Å². The molecule has 36 heavy (non-hydrogen) atoms. The number of aryl methyl sites for hydroxylation is 1. The number of carbonyl (C=O) groups is 1. The largest absolute Gasteiger partial charge is 0.495 e. The summed E-state index contributed by atoms with van der Waals surface area (Å²) in [6.45, 7) is 8.38. The predicted molar refractivity (Wildman–Crippen MR) is 140 cm³/mol. The molecule has 2 heterocycles. The van der Waals surface area contributed by atoms with E-state index in [-0.39, 0.29) is 17.5 Å². The van der Waals surface area contributed by atoms with E-state index in [0.29, 0.717) is 23.6 Å². The maximum absolute atomic E-state index is 13.5. The Morgan fingerprint density at radius 2 is 1.78 bits per heavy atom. The summed E-state index contributed by atoms with van der Waals surface area (Å²) in [5, 5.41) is 2.82. The van der Waals surface area contributed by atoms with Gasteiger partial charge in [-0.3, -0.25) is 14.2 Å². The Bertz CT molecular complexity index is 1520. The lowest BCUT2D eigenvalue weighted by molar-refractivity contribution is -0.116. The van der Waals surface area contributed by atoms with Gasteiger partial charge in [0.2, 0.25) is 5.91 Å². The van der Waals surface area contributed by atoms with Gasteiger partial charge in [0.1, 0.15) is 12.3 Å². The molecule has 0 fully saturated rings. The number of hydrogen-bond donors (Lipinski definition) is 1. The number of nitrogens with zero attached hydrogens (tertiary/aromatic N) is 4. The highest BCUT2D eigenvalue weighted by Gasteiger charge is 2.21. The van der Waals surface area contributed by atoms with E-state index in [2.05, 4.69) is 31.1 Å². The number of ether oxygens (including phenoxy) is 1. The summed E-state index contributed by atoms with van der Waals surface area (Å²) in [4.78, 5) is 44.3. The van der Waals surface area contributed by atoms with Crippen molar-refractivity contribution < 1.29 is 9.53 Å². The van der Waals surface area contributed by atoms with Crippen LogP contribution in [0.4, 0.5) is 5.69 Å². The highest BCUT2D eigenvalue weighted by Crippen LogP contribution is 2.31. The Kier molecular flexibility index (Phi) is 6.83. The van der Waals surface area contributed by atoms with E-state index >= 15 is 0 Å². The van der Waals surface area contributed by atoms with Gasteiger partial charge in [0.05, 0.1) is 25.7 Å². The molecular formula is C27H31N5O4. The zero-order valence-corrected chi connectivity index (χ0v) is 21.2. The highest BCUT2D eigenvalue weighted by atomic mass is 16.5. The number of methoxy groups -OCH3 is 1. The van der Waals surface area contributed by atoms with E-state index in [0.717, 1.165) is 15.7 Å². The third-order valence-corrected chi connectivity index (χ3v) is 6.15. The number of imidazole rings is 1. The highest BCUT2D eigenvalue weighted by molar-refractivity contribution is 5.92. The summed E-state index contributed by atoms with van der Waals surface area (Å²) in [7, 11) is 1.52. The van der Waals surface area contributed by atoms with E-state index in [1.807, 2.05) is 49.4 Å². The lowest BCUT2D eigenvalue weighted by atomic mass is 9.87. The molecule has 1 N–H and O–H groups in total. The summed E-state index contributed by atoms with van der Waals surface area (Å²) in [6, 6.07) is 15.0. The lowest BCUT2D eigenvalue weighted by Crippen LogP contribution is -2.43. The van der Waals surface area contributed by atoms with Crippen molar-refractivity contribution in [3.63, 3.8) is 0 Å². The van der Waals surface area contributed by atoms with Crippen LogP contribution in [0.3, 0.4) is 0 Å². The number of aromatic nitrogens is 4. The van der Waals surface area contributed by atoms with Crippen LogP contribution in [0.2, 0.25) is 0 Å². The lowest BCUT2D eigenvalue weighted by Gasteiger charge is -2.21. The summed E-state index contributed by atoms with van der Waals surface area (Å²) in [6.07, 6.45) is 1.54. The minimum Gasteiger partial charge on any atom is -0.495 e. The topological polar surface area (TPSA) is 100 Å². The molecule has 0 atom stereocenters. The van der Waals surface area contributed by atoms with Crippen molar-refractivity contribution in [2.45, 2.75) is 52.7 Å². The van der Waals surface area contributed by atoms with Crippen LogP contribution < -0.4 is 21.3 Å². The van der Waals surface area contributed by atoms with E-state index in [4.69, 9.17) is 4.74 Å². The number of carbonyl (C=O) groups excluding carboxylic acids is 1. The summed E-state index contributed by atoms with van der Waals surface area (Å²) in [5.41, 5.74) is 1.66. The Balaban J connectivity index is 1.75. The fourth-order valence-corrected chi connectivity index (χ4v) is 4.13. The summed E-state index contributed by atoms with van der Waals surface area (Å²) < 4.78 is 9.50. The maximum atomic E-state index is 13.5. The average Bonchev–Trinajstić information content (AvgIpc) is 3.29. The number of benzene rings is 2.